The van der Waals surface area contributed by atoms with Crippen LogP contribution >= 0.6 is 11.6 Å². The van der Waals surface area contributed by atoms with Gasteiger partial charge in [-0.25, -0.2) is 0 Å². The second-order valence-corrected chi connectivity index (χ2v) is 3.66. The minimum atomic E-state index is -0.656. The fourth-order valence-electron chi connectivity index (χ4n) is 1.37. The van der Waals surface area contributed by atoms with E-state index in [1.54, 1.807) is 24.3 Å². The molecule has 0 saturated carbocycles. The van der Waals surface area contributed by atoms with Crippen molar-refractivity contribution < 1.29 is 4.92 Å². The molecule has 0 spiro atoms. The van der Waals surface area contributed by atoms with Crippen LogP contribution in [0.1, 0.15) is 0 Å². The van der Waals surface area contributed by atoms with E-state index in [1.165, 1.54) is 0 Å². The van der Waals surface area contributed by atoms with E-state index in [-0.39, 0.29) is 16.9 Å². The highest BCUT2D eigenvalue weighted by atomic mass is 35.5. The van der Waals surface area contributed by atoms with Gasteiger partial charge >= 0.3 is 5.69 Å². The van der Waals surface area contributed by atoms with Crippen LogP contribution in [0, 0.1) is 10.1 Å². The van der Waals surface area contributed by atoms with Gasteiger partial charge in [-0.05, 0) is 23.7 Å². The molecule has 92 valence electrons. The lowest BCUT2D eigenvalue weighted by molar-refractivity contribution is -0.383. The molecule has 0 radical (unpaired) electrons. The van der Waals surface area contributed by atoms with Gasteiger partial charge in [0.15, 0.2) is 0 Å². The van der Waals surface area contributed by atoms with Gasteiger partial charge in [0.2, 0.25) is 16.9 Å². The average Bonchev–Trinajstić information content (AvgIpc) is 2.28. The minimum absolute atomic E-state index is 0.0382. The number of nitrogens with one attached hydrogen (secondary N) is 1. The number of rotatable bonds is 3. The summed E-state index contributed by atoms with van der Waals surface area (Å²) in [6.07, 6.45) is 0. The molecule has 0 aliphatic rings. The van der Waals surface area contributed by atoms with Gasteiger partial charge in [-0.2, -0.15) is 9.97 Å². The van der Waals surface area contributed by atoms with Crippen molar-refractivity contribution in [2.75, 3.05) is 11.1 Å². The SMILES string of the molecule is Nc1nc(Cl)nc(Nc2ccccc2)c1[N+](=O)[O-]. The molecule has 1 aromatic carbocycles. The molecule has 18 heavy (non-hydrogen) atoms. The summed E-state index contributed by atoms with van der Waals surface area (Å²) in [5, 5.41) is 13.5. The molecular weight excluding hydrogens is 258 g/mol. The van der Waals surface area contributed by atoms with E-state index in [4.69, 9.17) is 17.3 Å². The zero-order valence-corrected chi connectivity index (χ0v) is 9.76. The molecule has 0 aliphatic carbocycles. The first-order chi connectivity index (χ1) is 8.58. The molecule has 0 bridgehead atoms. The Kier molecular flexibility index (Phi) is 3.24. The van der Waals surface area contributed by atoms with Crippen molar-refractivity contribution >= 4 is 34.6 Å². The molecule has 1 heterocycles. The third kappa shape index (κ3) is 2.46. The summed E-state index contributed by atoms with van der Waals surface area (Å²) < 4.78 is 0. The van der Waals surface area contributed by atoms with Gasteiger partial charge in [-0.3, -0.25) is 10.1 Å². The van der Waals surface area contributed by atoms with E-state index in [0.29, 0.717) is 5.69 Å². The Balaban J connectivity index is 2.46. The number of halogens is 1. The number of aromatic nitrogens is 2. The van der Waals surface area contributed by atoms with Crippen LogP contribution in [0.4, 0.5) is 23.0 Å². The molecule has 2 rings (SSSR count). The molecule has 0 unspecified atom stereocenters. The maximum Gasteiger partial charge on any atom is 0.353 e. The van der Waals surface area contributed by atoms with E-state index < -0.39 is 10.6 Å². The van der Waals surface area contributed by atoms with E-state index in [1.807, 2.05) is 6.07 Å². The Morgan fingerprint density at radius 1 is 1.28 bits per heavy atom. The van der Waals surface area contributed by atoms with E-state index >= 15 is 0 Å². The smallest absolute Gasteiger partial charge is 0.353 e. The standard InChI is InChI=1S/C10H8ClN5O2/c11-10-14-8(12)7(16(17)18)9(15-10)13-6-4-2-1-3-5-6/h1-5H,(H3,12,13,14,15). The number of benzene rings is 1. The van der Waals surface area contributed by atoms with Crippen molar-refractivity contribution in [3.8, 4) is 0 Å². The molecule has 2 aromatic rings. The summed E-state index contributed by atoms with van der Waals surface area (Å²) in [6, 6.07) is 8.84. The second-order valence-electron chi connectivity index (χ2n) is 3.32. The summed E-state index contributed by atoms with van der Waals surface area (Å²) in [5.74, 6) is -0.317. The number of hydrogen-bond donors (Lipinski definition) is 2. The molecule has 0 aliphatic heterocycles. The summed E-state index contributed by atoms with van der Waals surface area (Å²) in [4.78, 5) is 17.6. The van der Waals surface area contributed by atoms with Crippen LogP contribution in [0.5, 0.6) is 0 Å². The second kappa shape index (κ2) is 4.84. The van der Waals surface area contributed by atoms with Crippen LogP contribution < -0.4 is 11.1 Å². The van der Waals surface area contributed by atoms with Crippen LogP contribution in [0.25, 0.3) is 0 Å². The topological polar surface area (TPSA) is 107 Å². The first kappa shape index (κ1) is 12.1. The lowest BCUT2D eigenvalue weighted by Crippen LogP contribution is -2.05. The van der Waals surface area contributed by atoms with Crippen LogP contribution in [0.15, 0.2) is 30.3 Å². The number of para-hydroxylation sites is 1. The monoisotopic (exact) mass is 265 g/mol. The van der Waals surface area contributed by atoms with Gasteiger partial charge in [-0.15, -0.1) is 0 Å². The normalized spacial score (nSPS) is 10.1. The van der Waals surface area contributed by atoms with Gasteiger partial charge in [0.1, 0.15) is 0 Å². The number of anilines is 3. The summed E-state index contributed by atoms with van der Waals surface area (Å²) in [7, 11) is 0. The third-order valence-electron chi connectivity index (χ3n) is 2.10. The number of nitrogens with zero attached hydrogens (tertiary/aromatic N) is 3. The van der Waals surface area contributed by atoms with E-state index in [9.17, 15) is 10.1 Å². The summed E-state index contributed by atoms with van der Waals surface area (Å²) in [5.41, 5.74) is 5.69. The lowest BCUT2D eigenvalue weighted by Gasteiger charge is -2.07. The van der Waals surface area contributed by atoms with Crippen molar-refractivity contribution in [1.82, 2.24) is 9.97 Å². The van der Waals surface area contributed by atoms with Crippen molar-refractivity contribution in [1.29, 1.82) is 0 Å². The van der Waals surface area contributed by atoms with Crippen molar-refractivity contribution in [3.05, 3.63) is 45.7 Å². The molecule has 1 aromatic heterocycles. The highest BCUT2D eigenvalue weighted by molar-refractivity contribution is 6.28. The summed E-state index contributed by atoms with van der Waals surface area (Å²) in [6.45, 7) is 0. The Morgan fingerprint density at radius 2 is 1.94 bits per heavy atom. The Morgan fingerprint density at radius 3 is 2.56 bits per heavy atom. The molecule has 0 amide bonds. The molecule has 8 heteroatoms. The zero-order chi connectivity index (χ0) is 13.1. The predicted molar refractivity (Wildman–Crippen MR) is 67.8 cm³/mol. The Bertz CT molecular complexity index is 590. The van der Waals surface area contributed by atoms with Crippen LogP contribution in [-0.4, -0.2) is 14.9 Å². The van der Waals surface area contributed by atoms with Crippen LogP contribution in [0.2, 0.25) is 5.28 Å². The fourth-order valence-corrected chi connectivity index (χ4v) is 1.54. The third-order valence-corrected chi connectivity index (χ3v) is 2.27. The molecular formula is C10H8ClN5O2. The molecule has 3 N–H and O–H groups in total. The van der Waals surface area contributed by atoms with Crippen molar-refractivity contribution in [3.63, 3.8) is 0 Å². The molecule has 0 fully saturated rings. The maximum absolute atomic E-state index is 10.9. The number of nitro groups is 1. The first-order valence-corrected chi connectivity index (χ1v) is 5.25. The highest BCUT2D eigenvalue weighted by Gasteiger charge is 2.22. The Hall–Kier alpha value is -2.41. The van der Waals surface area contributed by atoms with Crippen LogP contribution in [-0.2, 0) is 0 Å². The number of hydrogen-bond acceptors (Lipinski definition) is 6. The quantitative estimate of drug-likeness (QED) is 0.501. The van der Waals surface area contributed by atoms with Gasteiger partial charge < -0.3 is 11.1 Å². The first-order valence-electron chi connectivity index (χ1n) is 4.87. The average molecular weight is 266 g/mol. The van der Waals surface area contributed by atoms with Gasteiger partial charge in [0.05, 0.1) is 4.92 Å². The zero-order valence-electron chi connectivity index (χ0n) is 9.00. The predicted octanol–water partition coefficient (Wildman–Crippen LogP) is 2.36. The van der Waals surface area contributed by atoms with E-state index in [2.05, 4.69) is 15.3 Å². The molecule has 0 saturated heterocycles. The maximum atomic E-state index is 10.9. The lowest BCUT2D eigenvalue weighted by atomic mass is 10.3. The van der Waals surface area contributed by atoms with Crippen molar-refractivity contribution in [2.45, 2.75) is 0 Å². The molecule has 7 nitrogen and oxygen atoms in total. The van der Waals surface area contributed by atoms with Crippen molar-refractivity contribution in [2.24, 2.45) is 0 Å². The fraction of sp³-hybridized carbons (Fsp3) is 0. The van der Waals surface area contributed by atoms with Crippen LogP contribution in [0.3, 0.4) is 0 Å². The van der Waals surface area contributed by atoms with E-state index in [0.717, 1.165) is 0 Å². The largest absolute Gasteiger partial charge is 0.378 e. The highest BCUT2D eigenvalue weighted by Crippen LogP contribution is 2.30. The van der Waals surface area contributed by atoms with Gasteiger partial charge in [-0.1, -0.05) is 18.2 Å². The number of nitrogen functional groups attached to an aromatic ring is 1. The van der Waals surface area contributed by atoms with Gasteiger partial charge in [0, 0.05) is 5.69 Å². The summed E-state index contributed by atoms with van der Waals surface area (Å²) >= 11 is 5.63. The Labute approximate surface area is 107 Å². The number of nitrogens with two attached hydrogens (primary N) is 1. The molecule has 0 atom stereocenters. The van der Waals surface area contributed by atoms with Gasteiger partial charge in [0.25, 0.3) is 0 Å². The minimum Gasteiger partial charge on any atom is -0.378 e.